The normalized spacial score (nSPS) is 14.9. The number of aliphatic hydroxyl groups excluding tert-OH is 1. The van der Waals surface area contributed by atoms with Crippen LogP contribution < -0.4 is 0 Å². The van der Waals surface area contributed by atoms with Crippen molar-refractivity contribution in [1.82, 2.24) is 0 Å². The predicted molar refractivity (Wildman–Crippen MR) is 43.9 cm³/mol. The highest BCUT2D eigenvalue weighted by Gasteiger charge is 2.26. The zero-order valence-corrected chi connectivity index (χ0v) is 6.72. The van der Waals surface area contributed by atoms with Gasteiger partial charge >= 0.3 is 5.97 Å². The number of carbonyl (C=O) groups is 1. The van der Waals surface area contributed by atoms with Crippen LogP contribution >= 0.6 is 0 Å². The molecular formula is C9H9FO3. The summed E-state index contributed by atoms with van der Waals surface area (Å²) in [6.45, 7) is 0. The Labute approximate surface area is 74.4 Å². The Hall–Kier alpha value is -1.42. The van der Waals surface area contributed by atoms with E-state index in [-0.39, 0.29) is 5.56 Å². The Bertz CT molecular complexity index is 286. The molecule has 0 aliphatic carbocycles. The highest BCUT2D eigenvalue weighted by Crippen LogP contribution is 2.18. The fourth-order valence-corrected chi connectivity index (χ4v) is 0.954. The summed E-state index contributed by atoms with van der Waals surface area (Å²) >= 11 is 0. The van der Waals surface area contributed by atoms with Crippen LogP contribution in [0.15, 0.2) is 30.3 Å². The minimum absolute atomic E-state index is 0.261. The van der Waals surface area contributed by atoms with E-state index in [1.807, 2.05) is 0 Å². The highest BCUT2D eigenvalue weighted by atomic mass is 19.1. The van der Waals surface area contributed by atoms with Crippen molar-refractivity contribution < 1.29 is 19.4 Å². The van der Waals surface area contributed by atoms with Crippen molar-refractivity contribution in [2.75, 3.05) is 0 Å². The second-order valence-corrected chi connectivity index (χ2v) is 2.60. The first-order valence-electron chi connectivity index (χ1n) is 3.73. The van der Waals surface area contributed by atoms with Crippen LogP contribution in [0.5, 0.6) is 0 Å². The van der Waals surface area contributed by atoms with Crippen LogP contribution in [0.3, 0.4) is 0 Å². The largest absolute Gasteiger partial charge is 0.479 e. The fourth-order valence-electron chi connectivity index (χ4n) is 0.954. The molecule has 0 fully saturated rings. The second-order valence-electron chi connectivity index (χ2n) is 2.60. The Morgan fingerprint density at radius 3 is 2.31 bits per heavy atom. The van der Waals surface area contributed by atoms with E-state index in [1.165, 1.54) is 12.1 Å². The van der Waals surface area contributed by atoms with Gasteiger partial charge in [0.2, 0.25) is 6.17 Å². The molecular weight excluding hydrogens is 175 g/mol. The Balaban J connectivity index is 2.79. The summed E-state index contributed by atoms with van der Waals surface area (Å²) < 4.78 is 12.8. The molecule has 0 aromatic heterocycles. The molecule has 4 heteroatoms. The van der Waals surface area contributed by atoms with E-state index in [0.717, 1.165) is 0 Å². The van der Waals surface area contributed by atoms with Crippen LogP contribution in [0.2, 0.25) is 0 Å². The molecule has 2 unspecified atom stereocenters. The first-order valence-corrected chi connectivity index (χ1v) is 3.73. The van der Waals surface area contributed by atoms with Gasteiger partial charge in [-0.2, -0.15) is 0 Å². The molecule has 2 atom stereocenters. The maximum atomic E-state index is 12.8. The smallest absolute Gasteiger partial charge is 0.341 e. The lowest BCUT2D eigenvalue weighted by Gasteiger charge is -2.11. The number of carboxylic acids is 1. The van der Waals surface area contributed by atoms with Crippen LogP contribution in [0.4, 0.5) is 4.39 Å². The van der Waals surface area contributed by atoms with E-state index in [2.05, 4.69) is 0 Å². The quantitative estimate of drug-likeness (QED) is 0.740. The maximum absolute atomic E-state index is 12.8. The van der Waals surface area contributed by atoms with Gasteiger partial charge in [0.25, 0.3) is 0 Å². The molecule has 2 N–H and O–H groups in total. The van der Waals surface area contributed by atoms with E-state index in [9.17, 15) is 14.3 Å². The summed E-state index contributed by atoms with van der Waals surface area (Å²) in [4.78, 5) is 10.2. The van der Waals surface area contributed by atoms with Crippen molar-refractivity contribution in [3.05, 3.63) is 35.9 Å². The average molecular weight is 184 g/mol. The lowest BCUT2D eigenvalue weighted by molar-refractivity contribution is -0.147. The molecule has 1 rings (SSSR count). The van der Waals surface area contributed by atoms with Crippen molar-refractivity contribution in [2.24, 2.45) is 0 Å². The first kappa shape index (κ1) is 9.67. The molecule has 70 valence electrons. The molecule has 13 heavy (non-hydrogen) atoms. The Morgan fingerprint density at radius 1 is 1.31 bits per heavy atom. The topological polar surface area (TPSA) is 57.5 Å². The van der Waals surface area contributed by atoms with E-state index >= 15 is 0 Å². The molecule has 1 aromatic rings. The van der Waals surface area contributed by atoms with Gasteiger partial charge in [-0.25, -0.2) is 9.18 Å². The van der Waals surface area contributed by atoms with E-state index < -0.39 is 18.2 Å². The first-order chi connectivity index (χ1) is 6.13. The van der Waals surface area contributed by atoms with Crippen molar-refractivity contribution in [3.8, 4) is 0 Å². The zero-order chi connectivity index (χ0) is 9.84. The lowest BCUT2D eigenvalue weighted by atomic mass is 10.1. The molecule has 0 aliphatic rings. The molecule has 0 amide bonds. The van der Waals surface area contributed by atoms with Gasteiger partial charge < -0.3 is 10.2 Å². The van der Waals surface area contributed by atoms with Crippen molar-refractivity contribution in [3.63, 3.8) is 0 Å². The summed E-state index contributed by atoms with van der Waals surface area (Å²) in [6.07, 6.45) is -3.87. The fraction of sp³-hybridized carbons (Fsp3) is 0.222. The van der Waals surface area contributed by atoms with Crippen molar-refractivity contribution >= 4 is 5.97 Å². The lowest BCUT2D eigenvalue weighted by Crippen LogP contribution is -2.23. The molecule has 0 saturated carbocycles. The Kier molecular flexibility index (Phi) is 2.97. The number of alkyl halides is 1. The molecule has 0 saturated heterocycles. The van der Waals surface area contributed by atoms with Gasteiger partial charge in [-0.15, -0.1) is 0 Å². The number of hydrogen-bond acceptors (Lipinski definition) is 2. The number of hydrogen-bond donors (Lipinski definition) is 2. The molecule has 3 nitrogen and oxygen atoms in total. The van der Waals surface area contributed by atoms with Gasteiger partial charge in [-0.05, 0) is 5.56 Å². The summed E-state index contributed by atoms with van der Waals surface area (Å²) in [5, 5.41) is 17.5. The predicted octanol–water partition coefficient (Wildman–Crippen LogP) is 1.14. The van der Waals surface area contributed by atoms with Crippen molar-refractivity contribution in [1.29, 1.82) is 0 Å². The van der Waals surface area contributed by atoms with Gasteiger partial charge in [0.05, 0.1) is 0 Å². The third kappa shape index (κ3) is 2.26. The Morgan fingerprint density at radius 2 is 1.85 bits per heavy atom. The third-order valence-corrected chi connectivity index (χ3v) is 1.65. The number of halogens is 1. The number of carboxylic acid groups (broad SMARTS) is 1. The summed E-state index contributed by atoms with van der Waals surface area (Å²) in [5.41, 5.74) is 0.261. The molecule has 0 spiro atoms. The van der Waals surface area contributed by atoms with E-state index in [1.54, 1.807) is 18.2 Å². The molecule has 1 aromatic carbocycles. The van der Waals surface area contributed by atoms with Crippen LogP contribution in [0.1, 0.15) is 11.7 Å². The zero-order valence-electron chi connectivity index (χ0n) is 6.72. The third-order valence-electron chi connectivity index (χ3n) is 1.65. The second kappa shape index (κ2) is 4.00. The van der Waals surface area contributed by atoms with E-state index in [0.29, 0.717) is 0 Å². The van der Waals surface area contributed by atoms with Gasteiger partial charge in [-0.1, -0.05) is 30.3 Å². The minimum atomic E-state index is -2.28. The van der Waals surface area contributed by atoms with Crippen LogP contribution in [-0.2, 0) is 4.79 Å². The standard InChI is InChI=1S/C9H9FO3/c10-7(9(12)13)8(11)6-4-2-1-3-5-6/h1-5,7-8,11H,(H,12,13). The SMILES string of the molecule is O=C(O)C(F)C(O)c1ccccc1. The van der Waals surface area contributed by atoms with Crippen LogP contribution in [0, 0.1) is 0 Å². The summed E-state index contributed by atoms with van der Waals surface area (Å²) in [6, 6.07) is 7.85. The number of benzene rings is 1. The molecule has 0 heterocycles. The maximum Gasteiger partial charge on any atom is 0.341 e. The van der Waals surface area contributed by atoms with E-state index in [4.69, 9.17) is 5.11 Å². The molecule has 0 bridgehead atoms. The van der Waals surface area contributed by atoms with Gasteiger partial charge in [0.15, 0.2) is 0 Å². The summed E-state index contributed by atoms with van der Waals surface area (Å²) in [5.74, 6) is -1.66. The highest BCUT2D eigenvalue weighted by molar-refractivity contribution is 5.73. The monoisotopic (exact) mass is 184 g/mol. The summed E-state index contributed by atoms with van der Waals surface area (Å²) in [7, 11) is 0. The number of aliphatic carboxylic acids is 1. The van der Waals surface area contributed by atoms with Gasteiger partial charge in [-0.3, -0.25) is 0 Å². The van der Waals surface area contributed by atoms with Crippen molar-refractivity contribution in [2.45, 2.75) is 12.3 Å². The van der Waals surface area contributed by atoms with Crippen LogP contribution in [-0.4, -0.2) is 22.4 Å². The molecule has 0 radical (unpaired) electrons. The number of rotatable bonds is 3. The number of aliphatic hydroxyl groups is 1. The van der Waals surface area contributed by atoms with Gasteiger partial charge in [0.1, 0.15) is 6.10 Å². The average Bonchev–Trinajstić information content (AvgIpc) is 2.17. The van der Waals surface area contributed by atoms with Gasteiger partial charge in [0, 0.05) is 0 Å². The minimum Gasteiger partial charge on any atom is -0.479 e. The van der Waals surface area contributed by atoms with Crippen LogP contribution in [0.25, 0.3) is 0 Å². The molecule has 0 aliphatic heterocycles.